The number of carbonyl (C=O) groups is 1. The number of carboxylic acid groups (broad SMARTS) is 1. The van der Waals surface area contributed by atoms with E-state index in [2.05, 4.69) is 15.9 Å². The Morgan fingerprint density at radius 1 is 1.38 bits per heavy atom. The predicted molar refractivity (Wildman–Crippen MR) is 71.7 cm³/mol. The molecule has 0 aliphatic carbocycles. The van der Waals surface area contributed by atoms with E-state index in [1.807, 2.05) is 0 Å². The maximum absolute atomic E-state index is 12.0. The van der Waals surface area contributed by atoms with Crippen molar-refractivity contribution < 1.29 is 31.5 Å². The molecule has 0 radical (unpaired) electrons. The zero-order valence-electron chi connectivity index (χ0n) is 10.7. The van der Waals surface area contributed by atoms with E-state index >= 15 is 0 Å². The minimum absolute atomic E-state index is 0.235. The Labute approximate surface area is 127 Å². The Bertz CT molecular complexity index is 658. The summed E-state index contributed by atoms with van der Waals surface area (Å²) in [5.41, 5.74) is 0.0670. The highest BCUT2D eigenvalue weighted by Crippen LogP contribution is 2.25. The van der Waals surface area contributed by atoms with Crippen molar-refractivity contribution in [2.45, 2.75) is 24.4 Å². The first-order chi connectivity index (χ1) is 9.44. The van der Waals surface area contributed by atoms with Crippen molar-refractivity contribution in [3.05, 3.63) is 27.7 Å². The molecule has 0 saturated heterocycles. The van der Waals surface area contributed by atoms with Crippen molar-refractivity contribution in [2.24, 2.45) is 0 Å². The van der Waals surface area contributed by atoms with Crippen LogP contribution in [0.2, 0.25) is 0 Å². The van der Waals surface area contributed by atoms with Gasteiger partial charge in [0.1, 0.15) is 0 Å². The van der Waals surface area contributed by atoms with Gasteiger partial charge in [0, 0.05) is 11.0 Å². The zero-order chi connectivity index (χ0) is 16.4. The number of sulfonamides is 1. The average Bonchev–Trinajstić information content (AvgIpc) is 2.29. The van der Waals surface area contributed by atoms with Gasteiger partial charge >= 0.3 is 12.1 Å². The lowest BCUT2D eigenvalue weighted by Gasteiger charge is -2.11. The van der Waals surface area contributed by atoms with Crippen molar-refractivity contribution in [3.8, 4) is 0 Å². The van der Waals surface area contributed by atoms with Crippen molar-refractivity contribution >= 4 is 31.9 Å². The van der Waals surface area contributed by atoms with Gasteiger partial charge in [-0.05, 0) is 24.6 Å². The molecule has 0 spiro atoms. The molecule has 0 amide bonds. The van der Waals surface area contributed by atoms with Crippen LogP contribution in [0.15, 0.2) is 21.5 Å². The van der Waals surface area contributed by atoms with Crippen molar-refractivity contribution in [2.75, 3.05) is 6.54 Å². The molecule has 21 heavy (non-hydrogen) atoms. The molecule has 1 aromatic carbocycles. The van der Waals surface area contributed by atoms with Gasteiger partial charge in [-0.1, -0.05) is 15.9 Å². The van der Waals surface area contributed by atoms with Crippen LogP contribution in [0.4, 0.5) is 13.2 Å². The molecular formula is C11H11BrF3NO4S. The predicted octanol–water partition coefficient (Wildman–Crippen LogP) is 2.69. The second kappa shape index (κ2) is 6.32. The van der Waals surface area contributed by atoms with Gasteiger partial charge in [0.15, 0.2) is 0 Å². The molecule has 0 atom stereocenters. The van der Waals surface area contributed by atoms with Crippen LogP contribution in [0.1, 0.15) is 22.3 Å². The smallest absolute Gasteiger partial charge is 0.390 e. The van der Waals surface area contributed by atoms with E-state index in [1.54, 1.807) is 4.72 Å². The number of hydrogen-bond donors (Lipinski definition) is 2. The molecule has 0 unspecified atom stereocenters. The second-order valence-corrected chi connectivity index (χ2v) is 6.77. The third-order valence-corrected chi connectivity index (χ3v) is 4.82. The molecule has 0 bridgehead atoms. The standard InChI is InChI=1S/C11H11BrF3NO4S/c1-6-8(10(17)18)4-7(5-9(6)12)21(19,20)16-3-2-11(13,14)15/h4-5,16H,2-3H2,1H3,(H,17,18). The number of aromatic carboxylic acids is 1. The molecule has 0 aromatic heterocycles. The zero-order valence-corrected chi connectivity index (χ0v) is 13.1. The number of hydrogen-bond acceptors (Lipinski definition) is 3. The topological polar surface area (TPSA) is 83.5 Å². The molecule has 10 heteroatoms. The normalized spacial score (nSPS) is 12.4. The number of benzene rings is 1. The Morgan fingerprint density at radius 3 is 2.43 bits per heavy atom. The van der Waals surface area contributed by atoms with Crippen LogP contribution in [-0.2, 0) is 10.0 Å². The third kappa shape index (κ3) is 4.97. The molecule has 0 saturated carbocycles. The average molecular weight is 390 g/mol. The monoisotopic (exact) mass is 389 g/mol. The van der Waals surface area contributed by atoms with E-state index in [4.69, 9.17) is 5.11 Å². The Morgan fingerprint density at radius 2 is 1.95 bits per heavy atom. The van der Waals surface area contributed by atoms with E-state index in [0.717, 1.165) is 12.1 Å². The summed E-state index contributed by atoms with van der Waals surface area (Å²) in [6, 6.07) is 2.04. The lowest BCUT2D eigenvalue weighted by atomic mass is 10.1. The van der Waals surface area contributed by atoms with E-state index in [0.29, 0.717) is 5.56 Å². The summed E-state index contributed by atoms with van der Waals surface area (Å²) >= 11 is 3.02. The first-order valence-electron chi connectivity index (χ1n) is 5.54. The number of nitrogens with one attached hydrogen (secondary N) is 1. The van der Waals surface area contributed by atoms with Gasteiger partial charge in [0.05, 0.1) is 16.9 Å². The van der Waals surface area contributed by atoms with E-state index in [9.17, 15) is 26.4 Å². The highest BCUT2D eigenvalue weighted by atomic mass is 79.9. The molecule has 1 aromatic rings. The molecular weight excluding hydrogens is 379 g/mol. The maximum atomic E-state index is 12.0. The SMILES string of the molecule is Cc1c(Br)cc(S(=O)(=O)NCCC(F)(F)F)cc1C(=O)O. The molecule has 1 rings (SSSR count). The molecule has 0 aliphatic rings. The first-order valence-corrected chi connectivity index (χ1v) is 7.81. The Hall–Kier alpha value is -1.13. The molecule has 0 aliphatic heterocycles. The number of carboxylic acids is 1. The van der Waals surface area contributed by atoms with Crippen LogP contribution in [0.5, 0.6) is 0 Å². The van der Waals surface area contributed by atoms with E-state index in [1.165, 1.54) is 6.92 Å². The summed E-state index contributed by atoms with van der Waals surface area (Å²) < 4.78 is 61.7. The fourth-order valence-electron chi connectivity index (χ4n) is 1.44. The quantitative estimate of drug-likeness (QED) is 0.810. The van der Waals surface area contributed by atoms with Gasteiger partial charge in [-0.3, -0.25) is 0 Å². The van der Waals surface area contributed by atoms with Crippen molar-refractivity contribution in [1.29, 1.82) is 0 Å². The summed E-state index contributed by atoms with van der Waals surface area (Å²) in [6.45, 7) is 0.654. The van der Waals surface area contributed by atoms with Crippen LogP contribution < -0.4 is 4.72 Å². The fourth-order valence-corrected chi connectivity index (χ4v) is 3.14. The van der Waals surface area contributed by atoms with Gasteiger partial charge in [-0.2, -0.15) is 13.2 Å². The fraction of sp³-hybridized carbons (Fsp3) is 0.364. The van der Waals surface area contributed by atoms with Gasteiger partial charge in [-0.25, -0.2) is 17.9 Å². The van der Waals surface area contributed by atoms with Gasteiger partial charge in [0.25, 0.3) is 0 Å². The van der Waals surface area contributed by atoms with E-state index < -0.39 is 40.0 Å². The summed E-state index contributed by atoms with van der Waals surface area (Å²) in [4.78, 5) is 10.6. The summed E-state index contributed by atoms with van der Waals surface area (Å²) in [7, 11) is -4.22. The Balaban J connectivity index is 3.07. The van der Waals surface area contributed by atoms with Crippen LogP contribution in [-0.4, -0.2) is 32.2 Å². The lowest BCUT2D eigenvalue weighted by Crippen LogP contribution is -2.28. The number of alkyl halides is 3. The first kappa shape index (κ1) is 17.9. The second-order valence-electron chi connectivity index (χ2n) is 4.15. The highest BCUT2D eigenvalue weighted by molar-refractivity contribution is 9.10. The highest BCUT2D eigenvalue weighted by Gasteiger charge is 2.28. The number of rotatable bonds is 5. The van der Waals surface area contributed by atoms with E-state index in [-0.39, 0.29) is 10.0 Å². The molecule has 2 N–H and O–H groups in total. The van der Waals surface area contributed by atoms with Crippen LogP contribution >= 0.6 is 15.9 Å². The summed E-state index contributed by atoms with van der Waals surface area (Å²) in [6.07, 6.45) is -5.80. The summed E-state index contributed by atoms with van der Waals surface area (Å²) in [5.74, 6) is -1.33. The van der Waals surface area contributed by atoms with Gasteiger partial charge < -0.3 is 5.11 Å². The van der Waals surface area contributed by atoms with Crippen molar-refractivity contribution in [1.82, 2.24) is 4.72 Å². The van der Waals surface area contributed by atoms with Crippen molar-refractivity contribution in [3.63, 3.8) is 0 Å². The maximum Gasteiger partial charge on any atom is 0.390 e. The summed E-state index contributed by atoms with van der Waals surface area (Å²) in [5, 5.41) is 8.98. The third-order valence-electron chi connectivity index (χ3n) is 2.56. The minimum Gasteiger partial charge on any atom is -0.478 e. The largest absolute Gasteiger partial charge is 0.478 e. The van der Waals surface area contributed by atoms with Crippen LogP contribution in [0.25, 0.3) is 0 Å². The van der Waals surface area contributed by atoms with Crippen LogP contribution in [0, 0.1) is 6.92 Å². The lowest BCUT2D eigenvalue weighted by molar-refractivity contribution is -0.132. The number of halogens is 4. The molecule has 0 heterocycles. The molecule has 5 nitrogen and oxygen atoms in total. The minimum atomic E-state index is -4.48. The molecule has 0 fully saturated rings. The van der Waals surface area contributed by atoms with Crippen LogP contribution in [0.3, 0.4) is 0 Å². The van der Waals surface area contributed by atoms with Gasteiger partial charge in [0.2, 0.25) is 10.0 Å². The Kier molecular flexibility index (Phi) is 5.40. The van der Waals surface area contributed by atoms with Gasteiger partial charge in [-0.15, -0.1) is 0 Å². The molecule has 118 valence electrons.